The lowest BCUT2D eigenvalue weighted by atomic mass is 9.75. The van der Waals surface area contributed by atoms with E-state index in [1.807, 2.05) is 6.07 Å². The Labute approximate surface area is 139 Å². The molecular formula is C20H29NO2. The van der Waals surface area contributed by atoms with E-state index >= 15 is 0 Å². The Balaban J connectivity index is 1.60. The van der Waals surface area contributed by atoms with Crippen LogP contribution in [0.25, 0.3) is 0 Å². The lowest BCUT2D eigenvalue weighted by Crippen LogP contribution is -2.39. The van der Waals surface area contributed by atoms with Gasteiger partial charge in [-0.25, -0.2) is 4.79 Å². The summed E-state index contributed by atoms with van der Waals surface area (Å²) in [5, 5.41) is 3.10. The lowest BCUT2D eigenvalue weighted by molar-refractivity contribution is 0.00494. The van der Waals surface area contributed by atoms with E-state index in [4.69, 9.17) is 4.74 Å². The normalized spacial score (nSPS) is 30.1. The first kappa shape index (κ1) is 16.4. The molecule has 0 spiro atoms. The Bertz CT molecular complexity index is 554. The molecule has 3 rings (SSSR count). The zero-order valence-corrected chi connectivity index (χ0v) is 14.5. The number of aryl methyl sites for hydroxylation is 1. The maximum absolute atomic E-state index is 12.4. The van der Waals surface area contributed by atoms with Gasteiger partial charge in [-0.1, -0.05) is 51.5 Å². The number of amides is 1. The largest absolute Gasteiger partial charge is 0.446 e. The second kappa shape index (κ2) is 6.94. The van der Waals surface area contributed by atoms with Crippen LogP contribution in [0.5, 0.6) is 0 Å². The number of alkyl carbamates (subject to hydrolysis) is 1. The van der Waals surface area contributed by atoms with Gasteiger partial charge in [-0.15, -0.1) is 0 Å². The van der Waals surface area contributed by atoms with Crippen LogP contribution < -0.4 is 5.32 Å². The van der Waals surface area contributed by atoms with E-state index in [9.17, 15) is 4.79 Å². The minimum absolute atomic E-state index is 0.0652. The molecule has 1 amide bonds. The second-order valence-corrected chi connectivity index (χ2v) is 7.70. The third-order valence-electron chi connectivity index (χ3n) is 5.64. The van der Waals surface area contributed by atoms with Crippen molar-refractivity contribution in [3.8, 4) is 0 Å². The summed E-state index contributed by atoms with van der Waals surface area (Å²) < 4.78 is 5.86. The molecule has 1 fully saturated rings. The molecule has 0 heterocycles. The van der Waals surface area contributed by atoms with Crippen molar-refractivity contribution >= 4 is 6.09 Å². The molecule has 3 nitrogen and oxygen atoms in total. The van der Waals surface area contributed by atoms with Gasteiger partial charge in [0.25, 0.3) is 0 Å². The predicted molar refractivity (Wildman–Crippen MR) is 92.3 cm³/mol. The number of carbonyl (C=O) groups excluding carboxylic acids is 1. The van der Waals surface area contributed by atoms with Crippen LogP contribution in [0.2, 0.25) is 0 Å². The molecule has 1 N–H and O–H groups in total. The van der Waals surface area contributed by atoms with Crippen LogP contribution in [0.3, 0.4) is 0 Å². The van der Waals surface area contributed by atoms with Crippen LogP contribution in [0, 0.1) is 17.8 Å². The highest BCUT2D eigenvalue weighted by Crippen LogP contribution is 2.36. The van der Waals surface area contributed by atoms with Crippen LogP contribution in [-0.2, 0) is 11.2 Å². The van der Waals surface area contributed by atoms with Gasteiger partial charge >= 0.3 is 6.09 Å². The number of rotatable bonds is 3. The van der Waals surface area contributed by atoms with Crippen molar-refractivity contribution in [3.63, 3.8) is 0 Å². The molecule has 126 valence electrons. The van der Waals surface area contributed by atoms with Crippen molar-refractivity contribution in [1.82, 2.24) is 5.32 Å². The van der Waals surface area contributed by atoms with Gasteiger partial charge in [0.15, 0.2) is 0 Å². The molecule has 1 unspecified atom stereocenters. The Morgan fingerprint density at radius 3 is 2.78 bits per heavy atom. The number of fused-ring (bicyclic) bond motifs is 1. The van der Waals surface area contributed by atoms with Gasteiger partial charge in [-0.3, -0.25) is 0 Å². The highest BCUT2D eigenvalue weighted by Gasteiger charge is 2.34. The molecule has 0 bridgehead atoms. The van der Waals surface area contributed by atoms with Crippen LogP contribution in [0.15, 0.2) is 24.3 Å². The fourth-order valence-corrected chi connectivity index (χ4v) is 4.27. The van der Waals surface area contributed by atoms with E-state index in [0.29, 0.717) is 17.8 Å². The summed E-state index contributed by atoms with van der Waals surface area (Å²) in [5.74, 6) is 1.70. The van der Waals surface area contributed by atoms with Crippen molar-refractivity contribution in [2.75, 3.05) is 0 Å². The molecule has 1 aromatic carbocycles. The highest BCUT2D eigenvalue weighted by atomic mass is 16.6. The third kappa shape index (κ3) is 3.70. The lowest BCUT2D eigenvalue weighted by Gasteiger charge is -2.36. The first-order valence-electron chi connectivity index (χ1n) is 9.09. The predicted octanol–water partition coefficient (Wildman–Crippen LogP) is 4.86. The van der Waals surface area contributed by atoms with Crippen molar-refractivity contribution < 1.29 is 9.53 Å². The minimum atomic E-state index is -0.239. The van der Waals surface area contributed by atoms with Crippen molar-refractivity contribution in [2.45, 2.75) is 65.0 Å². The van der Waals surface area contributed by atoms with Crippen LogP contribution in [0.1, 0.15) is 63.6 Å². The molecule has 1 aromatic rings. The van der Waals surface area contributed by atoms with Gasteiger partial charge in [-0.05, 0) is 54.6 Å². The Kier molecular flexibility index (Phi) is 4.93. The first-order chi connectivity index (χ1) is 11.0. The standard InChI is InChI=1S/C20H29NO2/c1-13(2)16-10-8-14(3)12-19(16)23-20(22)21-18-11-9-15-6-4-5-7-17(15)18/h4-7,13-14,16,18-19H,8-12H2,1-3H3,(H,21,22)/t14-,16+,18-,19?/m1/s1. The summed E-state index contributed by atoms with van der Waals surface area (Å²) in [6, 6.07) is 8.49. The molecule has 0 aliphatic heterocycles. The van der Waals surface area contributed by atoms with Gasteiger partial charge in [0.05, 0.1) is 6.04 Å². The second-order valence-electron chi connectivity index (χ2n) is 7.70. The van der Waals surface area contributed by atoms with Crippen molar-refractivity contribution in [3.05, 3.63) is 35.4 Å². The summed E-state index contributed by atoms with van der Waals surface area (Å²) in [6.45, 7) is 6.74. The average Bonchev–Trinajstić information content (AvgIpc) is 2.90. The van der Waals surface area contributed by atoms with Crippen LogP contribution in [0.4, 0.5) is 4.79 Å². The average molecular weight is 315 g/mol. The zero-order valence-electron chi connectivity index (χ0n) is 14.5. The van der Waals surface area contributed by atoms with E-state index in [1.165, 1.54) is 24.0 Å². The van der Waals surface area contributed by atoms with E-state index in [-0.39, 0.29) is 18.2 Å². The molecule has 0 aromatic heterocycles. The highest BCUT2D eigenvalue weighted by molar-refractivity contribution is 5.68. The maximum atomic E-state index is 12.4. The Hall–Kier alpha value is -1.51. The van der Waals surface area contributed by atoms with Crippen LogP contribution >= 0.6 is 0 Å². The van der Waals surface area contributed by atoms with Gasteiger partial charge < -0.3 is 10.1 Å². The zero-order chi connectivity index (χ0) is 16.4. The molecule has 4 atom stereocenters. The number of nitrogens with one attached hydrogen (secondary N) is 1. The Morgan fingerprint density at radius 2 is 2.00 bits per heavy atom. The van der Waals surface area contributed by atoms with Gasteiger partial charge in [0.1, 0.15) is 6.10 Å². The SMILES string of the molecule is CC(C)[C@@H]1CC[C@@H](C)CC1OC(=O)N[C@@H]1CCc2ccccc21. The molecule has 1 saturated carbocycles. The number of carbonyl (C=O) groups is 1. The molecule has 3 heteroatoms. The number of ether oxygens (including phenoxy) is 1. The molecule has 0 radical (unpaired) electrons. The fourth-order valence-electron chi connectivity index (χ4n) is 4.27. The summed E-state index contributed by atoms with van der Waals surface area (Å²) in [7, 11) is 0. The van der Waals surface area contributed by atoms with Gasteiger partial charge in [0, 0.05) is 0 Å². The number of hydrogen-bond acceptors (Lipinski definition) is 2. The van der Waals surface area contributed by atoms with Crippen molar-refractivity contribution in [1.29, 1.82) is 0 Å². The summed E-state index contributed by atoms with van der Waals surface area (Å²) >= 11 is 0. The van der Waals surface area contributed by atoms with E-state index in [1.54, 1.807) is 0 Å². The topological polar surface area (TPSA) is 38.3 Å². The quantitative estimate of drug-likeness (QED) is 0.865. The number of benzene rings is 1. The molecular weight excluding hydrogens is 286 g/mol. The van der Waals surface area contributed by atoms with Gasteiger partial charge in [-0.2, -0.15) is 0 Å². The van der Waals surface area contributed by atoms with E-state index < -0.39 is 0 Å². The summed E-state index contributed by atoms with van der Waals surface area (Å²) in [4.78, 5) is 12.4. The van der Waals surface area contributed by atoms with Gasteiger partial charge in [0.2, 0.25) is 0 Å². The molecule has 2 aliphatic rings. The first-order valence-corrected chi connectivity index (χ1v) is 9.09. The maximum Gasteiger partial charge on any atom is 0.407 e. The van der Waals surface area contributed by atoms with E-state index in [0.717, 1.165) is 19.3 Å². The summed E-state index contributed by atoms with van der Waals surface area (Å²) in [6.07, 6.45) is 5.26. The van der Waals surface area contributed by atoms with E-state index in [2.05, 4.69) is 44.3 Å². The number of hydrogen-bond donors (Lipinski definition) is 1. The third-order valence-corrected chi connectivity index (χ3v) is 5.64. The fraction of sp³-hybridized carbons (Fsp3) is 0.650. The summed E-state index contributed by atoms with van der Waals surface area (Å²) in [5.41, 5.74) is 2.60. The monoisotopic (exact) mass is 315 g/mol. The minimum Gasteiger partial charge on any atom is -0.446 e. The molecule has 23 heavy (non-hydrogen) atoms. The Morgan fingerprint density at radius 1 is 1.22 bits per heavy atom. The molecule has 2 aliphatic carbocycles. The smallest absolute Gasteiger partial charge is 0.407 e. The van der Waals surface area contributed by atoms with Crippen molar-refractivity contribution in [2.24, 2.45) is 17.8 Å². The molecule has 0 saturated heterocycles. The van der Waals surface area contributed by atoms with Crippen LogP contribution in [-0.4, -0.2) is 12.2 Å².